The fourth-order valence-electron chi connectivity index (χ4n) is 3.13. The van der Waals surface area contributed by atoms with Crippen molar-refractivity contribution in [3.05, 3.63) is 18.0 Å². The van der Waals surface area contributed by atoms with Gasteiger partial charge in [-0.25, -0.2) is 0 Å². The first-order valence-corrected chi connectivity index (χ1v) is 8.53. The maximum Gasteiger partial charge on any atom is 0.435 e. The minimum Gasteiger partial charge on any atom is -0.376 e. The molecule has 0 aromatic carbocycles. The van der Waals surface area contributed by atoms with E-state index in [9.17, 15) is 18.0 Å². The molecular formula is C16H22F3N3O3. The molecule has 140 valence electrons. The normalized spacial score (nSPS) is 22.5. The molecular weight excluding hydrogens is 339 g/mol. The van der Waals surface area contributed by atoms with Gasteiger partial charge in [-0.3, -0.25) is 9.48 Å². The number of rotatable bonds is 5. The summed E-state index contributed by atoms with van der Waals surface area (Å²) in [4.78, 5) is 13.9. The van der Waals surface area contributed by atoms with E-state index >= 15 is 0 Å². The van der Waals surface area contributed by atoms with Gasteiger partial charge in [-0.2, -0.15) is 18.3 Å². The number of halogens is 3. The van der Waals surface area contributed by atoms with E-state index in [1.54, 1.807) is 4.90 Å². The van der Waals surface area contributed by atoms with Crippen molar-refractivity contribution in [3.8, 4) is 0 Å². The largest absolute Gasteiger partial charge is 0.435 e. The van der Waals surface area contributed by atoms with Crippen molar-refractivity contribution in [2.24, 2.45) is 0 Å². The Bertz CT molecular complexity index is 577. The lowest BCUT2D eigenvalue weighted by atomic mass is 10.1. The van der Waals surface area contributed by atoms with Gasteiger partial charge in [-0.15, -0.1) is 0 Å². The molecule has 0 N–H and O–H groups in total. The molecule has 2 saturated heterocycles. The van der Waals surface area contributed by atoms with Crippen LogP contribution >= 0.6 is 0 Å². The number of alkyl halides is 3. The average Bonchev–Trinajstić information content (AvgIpc) is 3.24. The van der Waals surface area contributed by atoms with Crippen molar-refractivity contribution in [1.82, 2.24) is 14.7 Å². The minimum absolute atomic E-state index is 0.106. The van der Waals surface area contributed by atoms with Crippen LogP contribution in [0.1, 0.15) is 31.4 Å². The second kappa shape index (κ2) is 7.74. The number of aromatic nitrogens is 2. The fraction of sp³-hybridized carbons (Fsp3) is 0.750. The lowest BCUT2D eigenvalue weighted by Crippen LogP contribution is -2.42. The van der Waals surface area contributed by atoms with Gasteiger partial charge in [0.15, 0.2) is 5.69 Å². The molecule has 2 aliphatic rings. The molecule has 25 heavy (non-hydrogen) atoms. The lowest BCUT2D eigenvalue weighted by molar-refractivity contribution is -0.142. The summed E-state index contributed by atoms with van der Waals surface area (Å²) in [6, 6.07) is 0.873. The molecule has 1 amide bonds. The van der Waals surface area contributed by atoms with Crippen LogP contribution in [-0.4, -0.2) is 59.1 Å². The number of nitrogens with zero attached hydrogens (tertiary/aromatic N) is 3. The van der Waals surface area contributed by atoms with Gasteiger partial charge in [0.25, 0.3) is 0 Å². The summed E-state index contributed by atoms with van der Waals surface area (Å²) in [5.74, 6) is -0.227. The van der Waals surface area contributed by atoms with Crippen LogP contribution in [0.25, 0.3) is 0 Å². The first-order chi connectivity index (χ1) is 11.9. The molecule has 3 heterocycles. The Balaban J connectivity index is 1.41. The molecule has 1 aromatic rings. The van der Waals surface area contributed by atoms with Gasteiger partial charge >= 0.3 is 6.18 Å². The van der Waals surface area contributed by atoms with Gasteiger partial charge < -0.3 is 14.4 Å². The maximum absolute atomic E-state index is 12.5. The molecule has 2 aliphatic heterocycles. The summed E-state index contributed by atoms with van der Waals surface area (Å²) in [6.45, 7) is 2.29. The van der Waals surface area contributed by atoms with E-state index in [1.807, 2.05) is 0 Å². The zero-order valence-electron chi connectivity index (χ0n) is 13.9. The zero-order valence-corrected chi connectivity index (χ0v) is 13.9. The Morgan fingerprint density at radius 1 is 1.32 bits per heavy atom. The average molecular weight is 361 g/mol. The quantitative estimate of drug-likeness (QED) is 0.806. The van der Waals surface area contributed by atoms with E-state index in [0.717, 1.165) is 43.0 Å². The van der Waals surface area contributed by atoms with Crippen LogP contribution in [0, 0.1) is 0 Å². The number of ether oxygens (including phenoxy) is 2. The second-order valence-electron chi connectivity index (χ2n) is 6.44. The summed E-state index contributed by atoms with van der Waals surface area (Å²) in [7, 11) is 0. The minimum atomic E-state index is -4.49. The molecule has 3 rings (SSSR count). The van der Waals surface area contributed by atoms with Crippen molar-refractivity contribution in [2.75, 3.05) is 26.3 Å². The van der Waals surface area contributed by atoms with Crippen LogP contribution in [0.15, 0.2) is 12.3 Å². The van der Waals surface area contributed by atoms with Crippen LogP contribution in [-0.2, 0) is 27.0 Å². The highest BCUT2D eigenvalue weighted by Crippen LogP contribution is 2.27. The second-order valence-corrected chi connectivity index (χ2v) is 6.44. The van der Waals surface area contributed by atoms with Crippen LogP contribution in [0.4, 0.5) is 13.2 Å². The SMILES string of the molecule is O=C(Cn1ccc(C(F)(F)F)n1)N1CCC(OCC2CCCO2)CC1. The molecule has 1 atom stereocenters. The van der Waals surface area contributed by atoms with Gasteiger partial charge in [0.1, 0.15) is 6.54 Å². The summed E-state index contributed by atoms with van der Waals surface area (Å²) in [5.41, 5.74) is -0.985. The fourth-order valence-corrected chi connectivity index (χ4v) is 3.13. The molecule has 1 unspecified atom stereocenters. The topological polar surface area (TPSA) is 56.6 Å². The van der Waals surface area contributed by atoms with Gasteiger partial charge in [0, 0.05) is 25.9 Å². The van der Waals surface area contributed by atoms with Crippen LogP contribution in [0.5, 0.6) is 0 Å². The van der Waals surface area contributed by atoms with Gasteiger partial charge in [0.05, 0.1) is 18.8 Å². The number of hydrogen-bond acceptors (Lipinski definition) is 4. The molecule has 9 heteroatoms. The standard InChI is InChI=1S/C16H22F3N3O3/c17-16(18,19)14-5-8-22(20-14)10-15(23)21-6-3-12(4-7-21)25-11-13-2-1-9-24-13/h5,8,12-13H,1-4,6-7,9-11H2. The summed E-state index contributed by atoms with van der Waals surface area (Å²) >= 11 is 0. The summed E-state index contributed by atoms with van der Waals surface area (Å²) in [6.07, 6.45) is 0.533. The van der Waals surface area contributed by atoms with Crippen LogP contribution in [0.3, 0.4) is 0 Å². The van der Waals surface area contributed by atoms with E-state index in [0.29, 0.717) is 19.7 Å². The summed E-state index contributed by atoms with van der Waals surface area (Å²) in [5, 5.41) is 3.41. The Labute approximate surface area is 143 Å². The number of amides is 1. The van der Waals surface area contributed by atoms with Crippen molar-refractivity contribution in [2.45, 2.75) is 50.6 Å². The third-order valence-electron chi connectivity index (χ3n) is 4.56. The van der Waals surface area contributed by atoms with Crippen molar-refractivity contribution in [3.63, 3.8) is 0 Å². The molecule has 2 fully saturated rings. The molecule has 0 spiro atoms. The zero-order chi connectivity index (χ0) is 17.9. The first-order valence-electron chi connectivity index (χ1n) is 8.53. The predicted octanol–water partition coefficient (Wildman–Crippen LogP) is 2.09. The van der Waals surface area contributed by atoms with Crippen molar-refractivity contribution < 1.29 is 27.4 Å². The van der Waals surface area contributed by atoms with Crippen LogP contribution < -0.4 is 0 Å². The number of carbonyl (C=O) groups excluding carboxylic acids is 1. The Morgan fingerprint density at radius 3 is 2.68 bits per heavy atom. The van der Waals surface area contributed by atoms with E-state index in [-0.39, 0.29) is 24.7 Å². The highest BCUT2D eigenvalue weighted by Gasteiger charge is 2.34. The van der Waals surface area contributed by atoms with E-state index in [1.165, 1.54) is 6.20 Å². The maximum atomic E-state index is 12.5. The molecule has 1 aromatic heterocycles. The third kappa shape index (κ3) is 4.94. The smallest absolute Gasteiger partial charge is 0.376 e. The number of carbonyl (C=O) groups is 1. The first kappa shape index (κ1) is 18.2. The van der Waals surface area contributed by atoms with Crippen molar-refractivity contribution >= 4 is 5.91 Å². The Kier molecular flexibility index (Phi) is 5.63. The molecule has 0 aliphatic carbocycles. The number of likely N-dealkylation sites (tertiary alicyclic amines) is 1. The molecule has 0 saturated carbocycles. The molecule has 0 radical (unpaired) electrons. The lowest BCUT2D eigenvalue weighted by Gasteiger charge is -2.32. The van der Waals surface area contributed by atoms with E-state index in [4.69, 9.17) is 9.47 Å². The predicted molar refractivity (Wildman–Crippen MR) is 81.8 cm³/mol. The Hall–Kier alpha value is -1.61. The Morgan fingerprint density at radius 2 is 2.08 bits per heavy atom. The molecule has 6 nitrogen and oxygen atoms in total. The monoisotopic (exact) mass is 361 g/mol. The van der Waals surface area contributed by atoms with Gasteiger partial charge in [-0.05, 0) is 31.7 Å². The van der Waals surface area contributed by atoms with E-state index < -0.39 is 11.9 Å². The van der Waals surface area contributed by atoms with Gasteiger partial charge in [-0.1, -0.05) is 0 Å². The number of piperidine rings is 1. The highest BCUT2D eigenvalue weighted by atomic mass is 19.4. The summed E-state index contributed by atoms with van der Waals surface area (Å²) < 4.78 is 50.0. The number of hydrogen-bond donors (Lipinski definition) is 0. The van der Waals surface area contributed by atoms with E-state index in [2.05, 4.69) is 5.10 Å². The molecule has 0 bridgehead atoms. The highest BCUT2D eigenvalue weighted by molar-refractivity contribution is 5.76. The third-order valence-corrected chi connectivity index (χ3v) is 4.56. The van der Waals surface area contributed by atoms with Crippen LogP contribution in [0.2, 0.25) is 0 Å². The van der Waals surface area contributed by atoms with Gasteiger partial charge in [0.2, 0.25) is 5.91 Å². The van der Waals surface area contributed by atoms with Crippen molar-refractivity contribution in [1.29, 1.82) is 0 Å².